The highest BCUT2D eigenvalue weighted by Gasteiger charge is 2.34. The summed E-state index contributed by atoms with van der Waals surface area (Å²) in [6.45, 7) is 1.44. The van der Waals surface area contributed by atoms with Crippen LogP contribution in [0.3, 0.4) is 0 Å². The van der Waals surface area contributed by atoms with Crippen molar-refractivity contribution in [3.05, 3.63) is 114 Å². The van der Waals surface area contributed by atoms with Crippen molar-refractivity contribution in [1.29, 1.82) is 0 Å². The number of nitrogens with zero attached hydrogens (tertiary/aromatic N) is 1. The summed E-state index contributed by atoms with van der Waals surface area (Å²) in [4.78, 5) is 15.3. The molecule has 0 atom stereocenters. The van der Waals surface area contributed by atoms with Gasteiger partial charge in [0.2, 0.25) is 0 Å². The fourth-order valence-corrected chi connectivity index (χ4v) is 4.35. The predicted octanol–water partition coefficient (Wildman–Crippen LogP) is 8.23. The Bertz CT molecular complexity index is 1650. The van der Waals surface area contributed by atoms with Gasteiger partial charge in [-0.3, -0.25) is 9.78 Å². The quantitative estimate of drug-likeness (QED) is 0.126. The molecule has 8 heteroatoms. The normalized spacial score (nSPS) is 11.4. The van der Waals surface area contributed by atoms with E-state index in [1.807, 2.05) is 6.07 Å². The zero-order valence-electron chi connectivity index (χ0n) is 20.6. The number of rotatable bonds is 6. The Labute approximate surface area is 221 Å². The number of pyridine rings is 1. The molecular formula is C31H21F4NO3. The number of aromatic nitrogens is 1. The third-order valence-corrected chi connectivity index (χ3v) is 6.09. The fourth-order valence-electron chi connectivity index (χ4n) is 4.35. The van der Waals surface area contributed by atoms with Crippen LogP contribution >= 0.6 is 0 Å². The van der Waals surface area contributed by atoms with Crippen molar-refractivity contribution in [2.45, 2.75) is 19.7 Å². The average Bonchev–Trinajstić information content (AvgIpc) is 2.92. The van der Waals surface area contributed by atoms with E-state index in [1.54, 1.807) is 48.5 Å². The lowest BCUT2D eigenvalue weighted by Crippen LogP contribution is -2.07. The van der Waals surface area contributed by atoms with Crippen LogP contribution in [0.2, 0.25) is 0 Å². The number of hydrogen-bond donors (Lipinski definition) is 0. The van der Waals surface area contributed by atoms with Gasteiger partial charge >= 0.3 is 12.1 Å². The zero-order chi connectivity index (χ0) is 27.6. The summed E-state index contributed by atoms with van der Waals surface area (Å²) in [7, 11) is 0. The lowest BCUT2D eigenvalue weighted by atomic mass is 9.91. The fraction of sp³-hybridized carbons (Fsp3) is 0.0968. The number of fused-ring (bicyclic) bond motifs is 1. The largest absolute Gasteiger partial charge is 0.489 e. The van der Waals surface area contributed by atoms with E-state index in [0.717, 1.165) is 11.6 Å². The second-order valence-electron chi connectivity index (χ2n) is 8.78. The van der Waals surface area contributed by atoms with E-state index in [0.29, 0.717) is 22.6 Å². The highest BCUT2D eigenvalue weighted by Crippen LogP contribution is 2.42. The molecule has 0 aliphatic heterocycles. The van der Waals surface area contributed by atoms with Crippen LogP contribution in [0.1, 0.15) is 18.1 Å². The van der Waals surface area contributed by atoms with Gasteiger partial charge in [-0.2, -0.15) is 13.2 Å². The third kappa shape index (κ3) is 5.60. The SMILES string of the molecule is CC(=O)Oc1ccc(COc2ccc(F)c(-c3c(-c4ccccc4)cnc4c(C(F)(F)F)cccc34)c2)cc1. The first-order valence-electron chi connectivity index (χ1n) is 11.9. The molecule has 0 amide bonds. The summed E-state index contributed by atoms with van der Waals surface area (Å²) in [6, 6.07) is 23.6. The number of carbonyl (C=O) groups excluding carboxylic acids is 1. The first-order chi connectivity index (χ1) is 18.7. The Hall–Kier alpha value is -4.72. The van der Waals surface area contributed by atoms with Crippen molar-refractivity contribution in [2.24, 2.45) is 0 Å². The number of ether oxygens (including phenoxy) is 2. The van der Waals surface area contributed by atoms with E-state index in [4.69, 9.17) is 9.47 Å². The standard InChI is InChI=1S/C31H21F4NO3/c1-19(37)39-22-12-10-20(11-13-22)18-38-23-14-15-28(32)25(16-23)29-24-8-5-9-27(31(33,34)35)30(24)36-17-26(29)21-6-3-2-4-7-21/h2-17H,18H2,1H3. The van der Waals surface area contributed by atoms with E-state index in [1.165, 1.54) is 43.5 Å². The van der Waals surface area contributed by atoms with Gasteiger partial charge in [-0.05, 0) is 47.5 Å². The maximum atomic E-state index is 15.4. The molecule has 1 aromatic heterocycles. The smallest absolute Gasteiger partial charge is 0.418 e. The second-order valence-corrected chi connectivity index (χ2v) is 8.78. The van der Waals surface area contributed by atoms with Crippen molar-refractivity contribution in [2.75, 3.05) is 0 Å². The summed E-state index contributed by atoms with van der Waals surface area (Å²) in [6.07, 6.45) is -3.29. The summed E-state index contributed by atoms with van der Waals surface area (Å²) >= 11 is 0. The van der Waals surface area contributed by atoms with Gasteiger partial charge < -0.3 is 9.47 Å². The molecular weight excluding hydrogens is 510 g/mol. The van der Waals surface area contributed by atoms with E-state index in [9.17, 15) is 18.0 Å². The summed E-state index contributed by atoms with van der Waals surface area (Å²) in [5.74, 6) is -0.327. The maximum Gasteiger partial charge on any atom is 0.418 e. The highest BCUT2D eigenvalue weighted by atomic mass is 19.4. The molecule has 39 heavy (non-hydrogen) atoms. The summed E-state index contributed by atoms with van der Waals surface area (Å²) < 4.78 is 67.7. The molecule has 0 saturated heterocycles. The van der Waals surface area contributed by atoms with E-state index in [-0.39, 0.29) is 28.6 Å². The van der Waals surface area contributed by atoms with E-state index in [2.05, 4.69) is 4.98 Å². The van der Waals surface area contributed by atoms with Crippen molar-refractivity contribution in [3.8, 4) is 33.8 Å². The molecule has 5 rings (SSSR count). The van der Waals surface area contributed by atoms with Crippen molar-refractivity contribution in [3.63, 3.8) is 0 Å². The number of para-hydroxylation sites is 1. The number of benzene rings is 4. The second kappa shape index (κ2) is 10.6. The van der Waals surface area contributed by atoms with Crippen LogP contribution in [0.15, 0.2) is 97.2 Å². The van der Waals surface area contributed by atoms with Gasteiger partial charge in [-0.15, -0.1) is 0 Å². The van der Waals surface area contributed by atoms with E-state index >= 15 is 4.39 Å². The maximum absolute atomic E-state index is 15.4. The molecule has 0 aliphatic rings. The van der Waals surface area contributed by atoms with Crippen molar-refractivity contribution >= 4 is 16.9 Å². The molecule has 5 aromatic rings. The van der Waals surface area contributed by atoms with Crippen LogP contribution < -0.4 is 9.47 Å². The first-order valence-corrected chi connectivity index (χ1v) is 11.9. The monoisotopic (exact) mass is 531 g/mol. The van der Waals surface area contributed by atoms with Crippen LogP contribution in [0.5, 0.6) is 11.5 Å². The minimum atomic E-state index is -4.63. The molecule has 0 bridgehead atoms. The average molecular weight is 532 g/mol. The first kappa shape index (κ1) is 25.9. The van der Waals surface area contributed by atoms with Crippen LogP contribution in [-0.4, -0.2) is 11.0 Å². The number of halogens is 4. The molecule has 0 fully saturated rings. The lowest BCUT2D eigenvalue weighted by Gasteiger charge is -2.17. The Balaban J connectivity index is 1.59. The van der Waals surface area contributed by atoms with Gasteiger partial charge in [-0.25, -0.2) is 4.39 Å². The van der Waals surface area contributed by atoms with Gasteiger partial charge in [0.05, 0.1) is 11.1 Å². The Morgan fingerprint density at radius 1 is 0.846 bits per heavy atom. The van der Waals surface area contributed by atoms with Crippen LogP contribution in [0.4, 0.5) is 17.6 Å². The summed E-state index contributed by atoms with van der Waals surface area (Å²) in [5, 5.41) is 0.170. The molecule has 0 aliphatic carbocycles. The van der Waals surface area contributed by atoms with E-state index < -0.39 is 23.5 Å². The predicted molar refractivity (Wildman–Crippen MR) is 140 cm³/mol. The van der Waals surface area contributed by atoms with Crippen LogP contribution in [-0.2, 0) is 17.6 Å². The van der Waals surface area contributed by atoms with Gasteiger partial charge in [0.1, 0.15) is 23.9 Å². The van der Waals surface area contributed by atoms with Crippen LogP contribution in [0, 0.1) is 5.82 Å². The zero-order valence-corrected chi connectivity index (χ0v) is 20.6. The highest BCUT2D eigenvalue weighted by molar-refractivity contribution is 6.03. The molecule has 0 N–H and O–H groups in total. The molecule has 4 nitrogen and oxygen atoms in total. The van der Waals surface area contributed by atoms with Crippen LogP contribution in [0.25, 0.3) is 33.2 Å². The molecule has 196 valence electrons. The Kier molecular flexibility index (Phi) is 7.02. The van der Waals surface area contributed by atoms with Gasteiger partial charge in [0, 0.05) is 35.2 Å². The van der Waals surface area contributed by atoms with Crippen molar-refractivity contribution < 1.29 is 31.8 Å². The molecule has 0 spiro atoms. The molecule has 1 heterocycles. The Morgan fingerprint density at radius 3 is 2.26 bits per heavy atom. The van der Waals surface area contributed by atoms with Gasteiger partial charge in [0.25, 0.3) is 0 Å². The minimum absolute atomic E-state index is 0.0864. The number of alkyl halides is 3. The summed E-state index contributed by atoms with van der Waals surface area (Å²) in [5.41, 5.74) is 1.14. The third-order valence-electron chi connectivity index (χ3n) is 6.09. The molecule has 0 radical (unpaired) electrons. The number of hydrogen-bond acceptors (Lipinski definition) is 4. The Morgan fingerprint density at radius 2 is 1.56 bits per heavy atom. The molecule has 0 saturated carbocycles. The van der Waals surface area contributed by atoms with Gasteiger partial charge in [0.15, 0.2) is 0 Å². The molecule has 0 unspecified atom stereocenters. The lowest BCUT2D eigenvalue weighted by molar-refractivity contribution is -0.136. The number of carbonyl (C=O) groups is 1. The van der Waals surface area contributed by atoms with Gasteiger partial charge in [-0.1, -0.05) is 54.6 Å². The number of esters is 1. The van der Waals surface area contributed by atoms with Crippen molar-refractivity contribution in [1.82, 2.24) is 4.98 Å². The molecule has 4 aromatic carbocycles. The minimum Gasteiger partial charge on any atom is -0.489 e. The topological polar surface area (TPSA) is 48.4 Å².